The van der Waals surface area contributed by atoms with E-state index in [2.05, 4.69) is 0 Å². The van der Waals surface area contributed by atoms with Crippen LogP contribution < -0.4 is 4.90 Å². The second-order valence-electron chi connectivity index (χ2n) is 3.88. The monoisotopic (exact) mass is 259 g/mol. The Morgan fingerprint density at radius 3 is 2.39 bits per heavy atom. The van der Waals surface area contributed by atoms with Gasteiger partial charge in [0.2, 0.25) is 5.91 Å². The molecule has 1 N–H and O–H groups in total. The molecule has 1 aromatic rings. The van der Waals surface area contributed by atoms with Crippen molar-refractivity contribution in [1.29, 1.82) is 0 Å². The SMILES string of the molecule is CC(=O)N1C(=O)C(O)(C(F)(F)F)c2ccccc21. The van der Waals surface area contributed by atoms with Gasteiger partial charge in [0, 0.05) is 12.5 Å². The first-order valence-electron chi connectivity index (χ1n) is 4.95. The van der Waals surface area contributed by atoms with Gasteiger partial charge in [0.15, 0.2) is 0 Å². The lowest BCUT2D eigenvalue weighted by atomic mass is 9.95. The molecule has 0 aliphatic carbocycles. The minimum absolute atomic E-state index is 0.241. The molecule has 0 aromatic heterocycles. The molecule has 2 amide bonds. The quantitative estimate of drug-likeness (QED) is 0.764. The van der Waals surface area contributed by atoms with Crippen LogP contribution in [0.15, 0.2) is 24.3 Å². The van der Waals surface area contributed by atoms with Crippen molar-refractivity contribution >= 4 is 17.5 Å². The topological polar surface area (TPSA) is 57.6 Å². The van der Waals surface area contributed by atoms with Gasteiger partial charge >= 0.3 is 6.18 Å². The largest absolute Gasteiger partial charge is 0.430 e. The number of hydrogen-bond donors (Lipinski definition) is 1. The zero-order valence-corrected chi connectivity index (χ0v) is 9.15. The Morgan fingerprint density at radius 1 is 1.33 bits per heavy atom. The van der Waals surface area contributed by atoms with Crippen LogP contribution in [0, 0.1) is 0 Å². The van der Waals surface area contributed by atoms with Crippen molar-refractivity contribution in [2.24, 2.45) is 0 Å². The molecule has 1 aliphatic rings. The van der Waals surface area contributed by atoms with Crippen molar-refractivity contribution in [3.8, 4) is 0 Å². The number of imide groups is 1. The molecule has 1 unspecified atom stereocenters. The molecule has 1 aromatic carbocycles. The summed E-state index contributed by atoms with van der Waals surface area (Å²) in [7, 11) is 0. The smallest absolute Gasteiger partial charge is 0.368 e. The molecule has 1 atom stereocenters. The van der Waals surface area contributed by atoms with Crippen molar-refractivity contribution in [3.05, 3.63) is 29.8 Å². The van der Waals surface area contributed by atoms with Crippen molar-refractivity contribution in [1.82, 2.24) is 0 Å². The molecule has 0 spiro atoms. The summed E-state index contributed by atoms with van der Waals surface area (Å²) in [4.78, 5) is 23.3. The second kappa shape index (κ2) is 3.55. The minimum Gasteiger partial charge on any atom is -0.368 e. The molecular weight excluding hydrogens is 251 g/mol. The maximum absolute atomic E-state index is 12.9. The highest BCUT2D eigenvalue weighted by Gasteiger charge is 2.67. The molecule has 2 rings (SSSR count). The van der Waals surface area contributed by atoms with E-state index in [9.17, 15) is 27.9 Å². The average Bonchev–Trinajstić information content (AvgIpc) is 2.49. The fraction of sp³-hybridized carbons (Fsp3) is 0.273. The number of para-hydroxylation sites is 1. The molecule has 1 aliphatic heterocycles. The first-order chi connectivity index (χ1) is 8.21. The zero-order chi connectivity index (χ0) is 13.7. The van der Waals surface area contributed by atoms with Gasteiger partial charge in [-0.2, -0.15) is 13.2 Å². The maximum Gasteiger partial charge on any atom is 0.430 e. The van der Waals surface area contributed by atoms with Gasteiger partial charge in [-0.1, -0.05) is 18.2 Å². The third kappa shape index (κ3) is 1.37. The van der Waals surface area contributed by atoms with Crippen LogP contribution >= 0.6 is 0 Å². The summed E-state index contributed by atoms with van der Waals surface area (Å²) in [6, 6.07) is 4.79. The van der Waals surface area contributed by atoms with Gasteiger partial charge in [-0.15, -0.1) is 0 Å². The molecule has 0 saturated carbocycles. The predicted molar refractivity (Wildman–Crippen MR) is 54.6 cm³/mol. The Hall–Kier alpha value is -1.89. The Bertz CT molecular complexity index is 541. The molecule has 1 heterocycles. The van der Waals surface area contributed by atoms with Gasteiger partial charge in [-0.3, -0.25) is 9.59 Å². The van der Waals surface area contributed by atoms with Gasteiger partial charge in [0.25, 0.3) is 11.5 Å². The number of carbonyl (C=O) groups excluding carboxylic acids is 2. The van der Waals surface area contributed by atoms with E-state index in [1.54, 1.807) is 0 Å². The molecular formula is C11H8F3NO3. The van der Waals surface area contributed by atoms with E-state index in [0.717, 1.165) is 13.0 Å². The van der Waals surface area contributed by atoms with Crippen LogP contribution in [-0.2, 0) is 15.2 Å². The number of anilines is 1. The fourth-order valence-electron chi connectivity index (χ4n) is 1.95. The molecule has 96 valence electrons. The summed E-state index contributed by atoms with van der Waals surface area (Å²) < 4.78 is 38.7. The summed E-state index contributed by atoms with van der Waals surface area (Å²) in [5.74, 6) is -2.57. The highest BCUT2D eigenvalue weighted by molar-refractivity contribution is 6.21. The van der Waals surface area contributed by atoms with E-state index in [0.29, 0.717) is 4.90 Å². The molecule has 4 nitrogen and oxygen atoms in total. The van der Waals surface area contributed by atoms with Crippen LogP contribution in [0.25, 0.3) is 0 Å². The molecule has 0 saturated heterocycles. The van der Waals surface area contributed by atoms with E-state index < -0.39 is 29.2 Å². The van der Waals surface area contributed by atoms with E-state index in [1.807, 2.05) is 0 Å². The number of amides is 2. The average molecular weight is 259 g/mol. The first-order valence-corrected chi connectivity index (χ1v) is 4.95. The maximum atomic E-state index is 12.9. The number of alkyl halides is 3. The fourth-order valence-corrected chi connectivity index (χ4v) is 1.95. The Labute approximate surface area is 99.6 Å². The van der Waals surface area contributed by atoms with Gasteiger partial charge in [0.05, 0.1) is 5.69 Å². The van der Waals surface area contributed by atoms with E-state index in [-0.39, 0.29) is 5.69 Å². The van der Waals surface area contributed by atoms with Gasteiger partial charge in [-0.05, 0) is 6.07 Å². The summed E-state index contributed by atoms with van der Waals surface area (Å²) in [5, 5.41) is 9.70. The molecule has 0 bridgehead atoms. The normalized spacial score (nSPS) is 23.2. The zero-order valence-electron chi connectivity index (χ0n) is 9.15. The van der Waals surface area contributed by atoms with Crippen molar-refractivity contribution in [2.75, 3.05) is 4.90 Å². The van der Waals surface area contributed by atoms with E-state index in [4.69, 9.17) is 0 Å². The lowest BCUT2D eigenvalue weighted by Crippen LogP contribution is -2.51. The number of benzene rings is 1. The van der Waals surface area contributed by atoms with Crippen molar-refractivity contribution in [3.63, 3.8) is 0 Å². The Kier molecular flexibility index (Phi) is 2.48. The number of carbonyl (C=O) groups is 2. The first kappa shape index (κ1) is 12.6. The van der Waals surface area contributed by atoms with Crippen LogP contribution in [-0.4, -0.2) is 23.1 Å². The highest BCUT2D eigenvalue weighted by atomic mass is 19.4. The standard InChI is InChI=1S/C11H8F3NO3/c1-6(16)15-8-5-3-2-4-7(8)10(18,9(15)17)11(12,13)14/h2-5,18H,1H3. The Morgan fingerprint density at radius 2 is 1.89 bits per heavy atom. The highest BCUT2D eigenvalue weighted by Crippen LogP contribution is 2.49. The summed E-state index contributed by atoms with van der Waals surface area (Å²) >= 11 is 0. The third-order valence-electron chi connectivity index (χ3n) is 2.77. The van der Waals surface area contributed by atoms with Crippen LogP contribution in [0.2, 0.25) is 0 Å². The minimum atomic E-state index is -5.19. The van der Waals surface area contributed by atoms with Gasteiger partial charge in [-0.25, -0.2) is 4.90 Å². The summed E-state index contributed by atoms with van der Waals surface area (Å²) in [6.45, 7) is 0.955. The lowest BCUT2D eigenvalue weighted by Gasteiger charge is -2.24. The molecule has 0 radical (unpaired) electrons. The number of rotatable bonds is 0. The van der Waals surface area contributed by atoms with E-state index in [1.165, 1.54) is 18.2 Å². The lowest BCUT2D eigenvalue weighted by molar-refractivity contribution is -0.253. The van der Waals surface area contributed by atoms with Crippen LogP contribution in [0.1, 0.15) is 12.5 Å². The number of nitrogens with zero attached hydrogens (tertiary/aromatic N) is 1. The Balaban J connectivity index is 2.74. The van der Waals surface area contributed by atoms with Crippen molar-refractivity contribution in [2.45, 2.75) is 18.7 Å². The molecule has 7 heteroatoms. The number of halogens is 3. The van der Waals surface area contributed by atoms with Crippen LogP contribution in [0.5, 0.6) is 0 Å². The molecule has 18 heavy (non-hydrogen) atoms. The van der Waals surface area contributed by atoms with Crippen LogP contribution in [0.3, 0.4) is 0 Å². The van der Waals surface area contributed by atoms with Gasteiger partial charge < -0.3 is 5.11 Å². The molecule has 0 fully saturated rings. The number of fused-ring (bicyclic) bond motifs is 1. The van der Waals surface area contributed by atoms with E-state index >= 15 is 0 Å². The predicted octanol–water partition coefficient (Wildman–Crippen LogP) is 1.33. The second-order valence-corrected chi connectivity index (χ2v) is 3.88. The van der Waals surface area contributed by atoms with Crippen LogP contribution in [0.4, 0.5) is 18.9 Å². The third-order valence-corrected chi connectivity index (χ3v) is 2.77. The number of aliphatic hydroxyl groups is 1. The number of hydrogen-bond acceptors (Lipinski definition) is 3. The summed E-state index contributed by atoms with van der Waals surface area (Å²) in [6.07, 6.45) is -5.19. The van der Waals surface area contributed by atoms with Crippen molar-refractivity contribution < 1.29 is 27.9 Å². The van der Waals surface area contributed by atoms with Gasteiger partial charge in [0.1, 0.15) is 0 Å². The summed E-state index contributed by atoms with van der Waals surface area (Å²) in [5.41, 5.74) is -4.53.